The van der Waals surface area contributed by atoms with E-state index >= 15 is 0 Å². The number of aliphatic imine (C=N–C) groups is 1. The minimum Gasteiger partial charge on any atom is -0.340 e. The molecule has 1 saturated heterocycles. The van der Waals surface area contributed by atoms with Crippen molar-refractivity contribution in [2.24, 2.45) is 4.99 Å². The molecule has 27 heavy (non-hydrogen) atoms. The van der Waals surface area contributed by atoms with E-state index in [4.69, 9.17) is 0 Å². The fourth-order valence-electron chi connectivity index (χ4n) is 3.30. The minimum absolute atomic E-state index is 0.184. The third kappa shape index (κ3) is 3.03. The Kier molecular flexibility index (Phi) is 4.12. The second-order valence-corrected chi connectivity index (χ2v) is 6.35. The summed E-state index contributed by atoms with van der Waals surface area (Å²) in [7, 11) is 0. The number of carbonyl (C=O) groups is 4. The number of amides is 4. The molecule has 4 amide bonds. The van der Waals surface area contributed by atoms with Crippen LogP contribution >= 0.6 is 0 Å². The minimum atomic E-state index is -0.757. The molecule has 0 aliphatic carbocycles. The molecule has 7 nitrogen and oxygen atoms in total. The van der Waals surface area contributed by atoms with Crippen LogP contribution in [-0.2, 0) is 9.59 Å². The highest BCUT2D eigenvalue weighted by Gasteiger charge is 2.29. The van der Waals surface area contributed by atoms with Crippen molar-refractivity contribution in [3.63, 3.8) is 0 Å². The Bertz CT molecular complexity index is 1030. The fraction of sp³-hybridized carbons (Fsp3) is 0.150. The van der Waals surface area contributed by atoms with E-state index in [1.807, 2.05) is 6.07 Å². The molecule has 2 aliphatic rings. The summed E-state index contributed by atoms with van der Waals surface area (Å²) in [5.41, 5.74) is 2.90. The van der Waals surface area contributed by atoms with Gasteiger partial charge in [0.15, 0.2) is 0 Å². The average molecular weight is 361 g/mol. The van der Waals surface area contributed by atoms with Crippen LogP contribution in [0.3, 0.4) is 0 Å². The van der Waals surface area contributed by atoms with Gasteiger partial charge < -0.3 is 5.32 Å². The Labute approximate surface area is 154 Å². The number of rotatable bonds is 3. The first-order chi connectivity index (χ1) is 13.0. The van der Waals surface area contributed by atoms with E-state index in [1.165, 1.54) is 6.21 Å². The quantitative estimate of drug-likeness (QED) is 0.808. The molecule has 2 aromatic carbocycles. The normalized spacial score (nSPS) is 18.2. The standard InChI is InChI=1S/C20H15N3O4/c24-17-9-8-16(20(27)23-17)22-19(26)13-5-2-1-4-11(13)12-6-3-7-14-15(12)10-21-18(14)25/h1-7,10,16H,8-9H2,(H,22,26)(H,23,24,27). The molecule has 1 atom stereocenters. The summed E-state index contributed by atoms with van der Waals surface area (Å²) >= 11 is 0. The van der Waals surface area contributed by atoms with Crippen molar-refractivity contribution in [3.05, 3.63) is 59.2 Å². The predicted octanol–water partition coefficient (Wildman–Crippen LogP) is 1.46. The van der Waals surface area contributed by atoms with Gasteiger partial charge in [0, 0.05) is 23.8 Å². The predicted molar refractivity (Wildman–Crippen MR) is 97.4 cm³/mol. The zero-order valence-corrected chi connectivity index (χ0v) is 14.2. The van der Waals surface area contributed by atoms with E-state index in [9.17, 15) is 19.2 Å². The molecular weight excluding hydrogens is 346 g/mol. The largest absolute Gasteiger partial charge is 0.340 e. The lowest BCUT2D eigenvalue weighted by Crippen LogP contribution is -2.52. The van der Waals surface area contributed by atoms with Crippen molar-refractivity contribution in [2.45, 2.75) is 18.9 Å². The third-order valence-electron chi connectivity index (χ3n) is 4.65. The van der Waals surface area contributed by atoms with Gasteiger partial charge in [-0.25, -0.2) is 4.99 Å². The highest BCUT2D eigenvalue weighted by molar-refractivity contribution is 6.17. The Hall–Kier alpha value is -3.61. The van der Waals surface area contributed by atoms with Crippen LogP contribution in [0.15, 0.2) is 47.5 Å². The first-order valence-corrected chi connectivity index (χ1v) is 8.50. The average Bonchev–Trinajstić information content (AvgIpc) is 3.05. The van der Waals surface area contributed by atoms with E-state index in [0.717, 1.165) is 5.56 Å². The maximum atomic E-state index is 12.8. The topological polar surface area (TPSA) is 105 Å². The van der Waals surface area contributed by atoms with Gasteiger partial charge in [0.1, 0.15) is 6.04 Å². The summed E-state index contributed by atoms with van der Waals surface area (Å²) in [5.74, 6) is -1.57. The summed E-state index contributed by atoms with van der Waals surface area (Å²) in [4.78, 5) is 51.7. The third-order valence-corrected chi connectivity index (χ3v) is 4.65. The van der Waals surface area contributed by atoms with E-state index in [2.05, 4.69) is 15.6 Å². The van der Waals surface area contributed by atoms with E-state index in [-0.39, 0.29) is 24.7 Å². The van der Waals surface area contributed by atoms with Crippen LogP contribution < -0.4 is 10.6 Å². The van der Waals surface area contributed by atoms with E-state index in [0.29, 0.717) is 22.3 Å². The van der Waals surface area contributed by atoms with Crippen LogP contribution in [0.1, 0.15) is 39.1 Å². The molecule has 4 rings (SSSR count). The number of nitrogens with zero attached hydrogens (tertiary/aromatic N) is 1. The first-order valence-electron chi connectivity index (χ1n) is 8.50. The Morgan fingerprint density at radius 3 is 2.56 bits per heavy atom. The molecule has 0 radical (unpaired) electrons. The fourth-order valence-corrected chi connectivity index (χ4v) is 3.30. The second-order valence-electron chi connectivity index (χ2n) is 6.35. The summed E-state index contributed by atoms with van der Waals surface area (Å²) in [6.07, 6.45) is 1.95. The van der Waals surface area contributed by atoms with Crippen LogP contribution in [-0.4, -0.2) is 35.9 Å². The van der Waals surface area contributed by atoms with Gasteiger partial charge in [0.25, 0.3) is 11.8 Å². The van der Waals surface area contributed by atoms with Gasteiger partial charge in [0.05, 0.1) is 5.56 Å². The van der Waals surface area contributed by atoms with Gasteiger partial charge in [0.2, 0.25) is 11.8 Å². The molecule has 0 spiro atoms. The highest BCUT2D eigenvalue weighted by Crippen LogP contribution is 2.30. The van der Waals surface area contributed by atoms with Gasteiger partial charge in [-0.05, 0) is 29.7 Å². The first kappa shape index (κ1) is 16.8. The lowest BCUT2D eigenvalue weighted by Gasteiger charge is -2.22. The molecule has 0 saturated carbocycles. The summed E-state index contributed by atoms with van der Waals surface area (Å²) in [6.45, 7) is 0. The number of benzene rings is 2. The van der Waals surface area contributed by atoms with Crippen molar-refractivity contribution < 1.29 is 19.2 Å². The maximum Gasteiger partial charge on any atom is 0.277 e. The molecule has 0 aromatic heterocycles. The molecule has 2 N–H and O–H groups in total. The molecular formula is C20H15N3O4. The van der Waals surface area contributed by atoms with Crippen LogP contribution in [0.4, 0.5) is 0 Å². The molecule has 2 aliphatic heterocycles. The summed E-state index contributed by atoms with van der Waals surface area (Å²) in [6, 6.07) is 11.5. The smallest absolute Gasteiger partial charge is 0.277 e. The second kappa shape index (κ2) is 6.60. The monoisotopic (exact) mass is 361 g/mol. The molecule has 2 heterocycles. The zero-order chi connectivity index (χ0) is 19.0. The molecule has 134 valence electrons. The van der Waals surface area contributed by atoms with Crippen LogP contribution in [0.25, 0.3) is 11.1 Å². The number of hydrogen-bond acceptors (Lipinski definition) is 4. The van der Waals surface area contributed by atoms with Crippen LogP contribution in [0.2, 0.25) is 0 Å². The molecule has 1 unspecified atom stereocenters. The number of nitrogens with one attached hydrogen (secondary N) is 2. The van der Waals surface area contributed by atoms with Crippen molar-refractivity contribution in [3.8, 4) is 11.1 Å². The van der Waals surface area contributed by atoms with Gasteiger partial charge in [-0.3, -0.25) is 24.5 Å². The Morgan fingerprint density at radius 1 is 1.00 bits per heavy atom. The number of imide groups is 1. The lowest BCUT2D eigenvalue weighted by atomic mass is 9.93. The van der Waals surface area contributed by atoms with Crippen molar-refractivity contribution in [2.75, 3.05) is 0 Å². The number of piperidine rings is 1. The molecule has 0 bridgehead atoms. The number of fused-ring (bicyclic) bond motifs is 1. The van der Waals surface area contributed by atoms with Crippen molar-refractivity contribution in [1.82, 2.24) is 10.6 Å². The van der Waals surface area contributed by atoms with Crippen molar-refractivity contribution in [1.29, 1.82) is 0 Å². The summed E-state index contributed by atoms with van der Waals surface area (Å²) < 4.78 is 0. The van der Waals surface area contributed by atoms with Gasteiger partial charge in [-0.1, -0.05) is 30.3 Å². The molecule has 1 fully saturated rings. The van der Waals surface area contributed by atoms with E-state index < -0.39 is 17.9 Å². The van der Waals surface area contributed by atoms with Gasteiger partial charge in [-0.2, -0.15) is 0 Å². The molecule has 2 aromatic rings. The van der Waals surface area contributed by atoms with E-state index in [1.54, 1.807) is 36.4 Å². The van der Waals surface area contributed by atoms with Gasteiger partial charge >= 0.3 is 0 Å². The summed E-state index contributed by atoms with van der Waals surface area (Å²) in [5, 5.41) is 4.91. The number of carbonyl (C=O) groups excluding carboxylic acids is 4. The number of hydrogen-bond donors (Lipinski definition) is 2. The maximum absolute atomic E-state index is 12.8. The Morgan fingerprint density at radius 2 is 1.74 bits per heavy atom. The lowest BCUT2D eigenvalue weighted by molar-refractivity contribution is -0.134. The Balaban J connectivity index is 1.68. The van der Waals surface area contributed by atoms with Crippen LogP contribution in [0.5, 0.6) is 0 Å². The SMILES string of the molecule is O=C1CCC(NC(=O)c2ccccc2-c2cccc3c2C=NC3=O)C(=O)N1. The van der Waals surface area contributed by atoms with Crippen LogP contribution in [0, 0.1) is 0 Å². The highest BCUT2D eigenvalue weighted by atomic mass is 16.2. The zero-order valence-electron chi connectivity index (χ0n) is 14.2. The van der Waals surface area contributed by atoms with Crippen molar-refractivity contribution >= 4 is 29.8 Å². The molecule has 7 heteroatoms. The van der Waals surface area contributed by atoms with Gasteiger partial charge in [-0.15, -0.1) is 0 Å².